The average Bonchev–Trinajstić information content (AvgIpc) is 1.88. The molecule has 0 saturated heterocycles. The molecule has 0 radical (unpaired) electrons. The lowest BCUT2D eigenvalue weighted by Gasteiger charge is -2.10. The molecule has 0 N–H and O–H groups in total. The Hall–Kier alpha value is -0.530. The third-order valence-electron chi connectivity index (χ3n) is 1.41. The second kappa shape index (κ2) is 5.27. The van der Waals surface area contributed by atoms with E-state index in [0.29, 0.717) is 0 Å². The zero-order valence-electron chi connectivity index (χ0n) is 7.52. The molecule has 0 unspecified atom stereocenters. The number of hydrogen-bond donors (Lipinski definition) is 0. The molecular weight excluding hydrogens is 124 g/mol. The second-order valence-electron chi connectivity index (χ2n) is 2.56. The maximum atomic E-state index is 4.34. The van der Waals surface area contributed by atoms with Crippen molar-refractivity contribution in [3.63, 3.8) is 0 Å². The van der Waals surface area contributed by atoms with Crippen molar-refractivity contribution in [1.29, 1.82) is 0 Å². The topological polar surface area (TPSA) is 15.6 Å². The summed E-state index contributed by atoms with van der Waals surface area (Å²) in [7, 11) is 2.00. The molecule has 0 bridgehead atoms. The lowest BCUT2D eigenvalue weighted by Crippen LogP contribution is -2.11. The predicted molar refractivity (Wildman–Crippen MR) is 46.3 cm³/mol. The Labute approximate surface area is 63.9 Å². The van der Waals surface area contributed by atoms with Gasteiger partial charge >= 0.3 is 0 Å². The summed E-state index contributed by atoms with van der Waals surface area (Å²) in [5.41, 5.74) is 1.23. The molecule has 0 heterocycles. The fraction of sp³-hybridized carbons (Fsp3) is 0.875. The van der Waals surface area contributed by atoms with Crippen LogP contribution in [-0.2, 0) is 0 Å². The smallest absolute Gasteiger partial charge is 0.0349 e. The van der Waals surface area contributed by atoms with Gasteiger partial charge in [0.2, 0.25) is 0 Å². The van der Waals surface area contributed by atoms with Crippen molar-refractivity contribution in [2.24, 2.45) is 5.10 Å². The fourth-order valence-electron chi connectivity index (χ4n) is 0.774. The van der Waals surface area contributed by atoms with E-state index in [2.05, 4.69) is 25.9 Å². The molecule has 0 rings (SSSR count). The maximum Gasteiger partial charge on any atom is 0.0349 e. The van der Waals surface area contributed by atoms with E-state index < -0.39 is 0 Å². The molecule has 0 aliphatic rings. The first-order valence-corrected chi connectivity index (χ1v) is 3.95. The van der Waals surface area contributed by atoms with Crippen LogP contribution < -0.4 is 0 Å². The lowest BCUT2D eigenvalue weighted by atomic mass is 10.2. The third-order valence-corrected chi connectivity index (χ3v) is 1.41. The van der Waals surface area contributed by atoms with Crippen molar-refractivity contribution in [2.45, 2.75) is 33.6 Å². The van der Waals surface area contributed by atoms with E-state index in [1.165, 1.54) is 12.1 Å². The standard InChI is InChI=1S/C8H18N2/c1-5-7-8(3)9-10(4)6-2/h5-7H2,1-4H3. The lowest BCUT2D eigenvalue weighted by molar-refractivity contribution is 0.374. The molecule has 0 spiro atoms. The minimum atomic E-state index is 0.987. The second-order valence-corrected chi connectivity index (χ2v) is 2.56. The van der Waals surface area contributed by atoms with E-state index in [-0.39, 0.29) is 0 Å². The number of hydrazone groups is 1. The molecule has 0 aromatic rings. The summed E-state index contributed by atoms with van der Waals surface area (Å²) in [4.78, 5) is 0. The fourth-order valence-corrected chi connectivity index (χ4v) is 0.774. The zero-order valence-corrected chi connectivity index (χ0v) is 7.52. The van der Waals surface area contributed by atoms with Crippen LogP contribution >= 0.6 is 0 Å². The van der Waals surface area contributed by atoms with Crippen LogP contribution in [0.4, 0.5) is 0 Å². The molecule has 2 nitrogen and oxygen atoms in total. The van der Waals surface area contributed by atoms with Crippen molar-refractivity contribution in [3.8, 4) is 0 Å². The van der Waals surface area contributed by atoms with Crippen LogP contribution in [0.2, 0.25) is 0 Å². The molecule has 60 valence electrons. The Morgan fingerprint density at radius 2 is 2.00 bits per heavy atom. The molecule has 0 aromatic heterocycles. The third kappa shape index (κ3) is 4.36. The molecule has 0 amide bonds. The first kappa shape index (κ1) is 9.47. The molecule has 0 aliphatic heterocycles. The molecule has 10 heavy (non-hydrogen) atoms. The summed E-state index contributed by atoms with van der Waals surface area (Å²) >= 11 is 0. The van der Waals surface area contributed by atoms with Crippen molar-refractivity contribution in [2.75, 3.05) is 13.6 Å². The van der Waals surface area contributed by atoms with Gasteiger partial charge in [-0.25, -0.2) is 0 Å². The Bertz CT molecular complexity index is 108. The normalized spacial score (nSPS) is 11.8. The SMILES string of the molecule is CCCC(C)=NN(C)CC. The number of hydrogen-bond acceptors (Lipinski definition) is 2. The van der Waals surface area contributed by atoms with Crippen molar-refractivity contribution in [1.82, 2.24) is 5.01 Å². The largest absolute Gasteiger partial charge is 0.300 e. The highest BCUT2D eigenvalue weighted by Gasteiger charge is 1.90. The van der Waals surface area contributed by atoms with Crippen molar-refractivity contribution < 1.29 is 0 Å². The van der Waals surface area contributed by atoms with E-state index in [9.17, 15) is 0 Å². The first-order chi connectivity index (χ1) is 4.70. The summed E-state index contributed by atoms with van der Waals surface area (Å²) in [5.74, 6) is 0. The summed E-state index contributed by atoms with van der Waals surface area (Å²) in [6.07, 6.45) is 2.30. The van der Waals surface area contributed by atoms with Crippen LogP contribution in [0.5, 0.6) is 0 Å². The van der Waals surface area contributed by atoms with E-state index >= 15 is 0 Å². The van der Waals surface area contributed by atoms with Gasteiger partial charge in [-0.1, -0.05) is 13.3 Å². The molecule has 0 atom stereocenters. The summed E-state index contributed by atoms with van der Waals surface area (Å²) in [6, 6.07) is 0. The average molecular weight is 142 g/mol. The van der Waals surface area contributed by atoms with E-state index in [1.54, 1.807) is 0 Å². The predicted octanol–water partition coefficient (Wildman–Crippen LogP) is 2.11. The molecule has 0 aromatic carbocycles. The van der Waals surface area contributed by atoms with Crippen LogP contribution in [-0.4, -0.2) is 24.3 Å². The van der Waals surface area contributed by atoms with Crippen LogP contribution in [0.15, 0.2) is 5.10 Å². The molecule has 2 heteroatoms. The summed E-state index contributed by atoms with van der Waals surface area (Å²) in [5, 5.41) is 6.30. The van der Waals surface area contributed by atoms with Crippen LogP contribution in [0, 0.1) is 0 Å². The highest BCUT2D eigenvalue weighted by molar-refractivity contribution is 5.81. The minimum Gasteiger partial charge on any atom is -0.300 e. The quantitative estimate of drug-likeness (QED) is 0.433. The molecule has 0 aliphatic carbocycles. The number of rotatable bonds is 4. The van der Waals surface area contributed by atoms with Crippen LogP contribution in [0.1, 0.15) is 33.6 Å². The molecular formula is C8H18N2. The van der Waals surface area contributed by atoms with Crippen molar-refractivity contribution >= 4 is 5.71 Å². The van der Waals surface area contributed by atoms with Gasteiger partial charge in [-0.15, -0.1) is 0 Å². The highest BCUT2D eigenvalue weighted by Crippen LogP contribution is 1.93. The molecule has 0 saturated carbocycles. The number of nitrogens with zero attached hydrogens (tertiary/aromatic N) is 2. The zero-order chi connectivity index (χ0) is 7.98. The minimum absolute atomic E-state index is 0.987. The Balaban J connectivity index is 3.65. The van der Waals surface area contributed by atoms with Crippen LogP contribution in [0.25, 0.3) is 0 Å². The Morgan fingerprint density at radius 1 is 1.40 bits per heavy atom. The van der Waals surface area contributed by atoms with Gasteiger partial charge < -0.3 is 5.01 Å². The summed E-state index contributed by atoms with van der Waals surface area (Å²) in [6.45, 7) is 7.34. The van der Waals surface area contributed by atoms with Crippen molar-refractivity contribution in [3.05, 3.63) is 0 Å². The van der Waals surface area contributed by atoms with Gasteiger partial charge in [-0.2, -0.15) is 5.10 Å². The van der Waals surface area contributed by atoms with E-state index in [4.69, 9.17) is 0 Å². The van der Waals surface area contributed by atoms with Gasteiger partial charge in [0.25, 0.3) is 0 Å². The molecule has 0 fully saturated rings. The van der Waals surface area contributed by atoms with Gasteiger partial charge in [-0.05, 0) is 20.3 Å². The first-order valence-electron chi connectivity index (χ1n) is 3.95. The van der Waals surface area contributed by atoms with E-state index in [0.717, 1.165) is 13.0 Å². The Morgan fingerprint density at radius 3 is 2.40 bits per heavy atom. The Kier molecular flexibility index (Phi) is 4.99. The van der Waals surface area contributed by atoms with Gasteiger partial charge in [0, 0.05) is 19.3 Å². The summed E-state index contributed by atoms with van der Waals surface area (Å²) < 4.78 is 0. The highest BCUT2D eigenvalue weighted by atomic mass is 15.4. The van der Waals surface area contributed by atoms with Gasteiger partial charge in [-0.3, -0.25) is 0 Å². The van der Waals surface area contributed by atoms with Gasteiger partial charge in [0.15, 0.2) is 0 Å². The van der Waals surface area contributed by atoms with Gasteiger partial charge in [0.1, 0.15) is 0 Å². The maximum absolute atomic E-state index is 4.34. The van der Waals surface area contributed by atoms with Crippen LogP contribution in [0.3, 0.4) is 0 Å². The van der Waals surface area contributed by atoms with Gasteiger partial charge in [0.05, 0.1) is 0 Å². The van der Waals surface area contributed by atoms with E-state index in [1.807, 2.05) is 12.1 Å². The monoisotopic (exact) mass is 142 g/mol.